The third-order valence-corrected chi connectivity index (χ3v) is 3.18. The first-order valence-electron chi connectivity index (χ1n) is 5.17. The minimum Gasteiger partial charge on any atom is -0.351 e. The first kappa shape index (κ1) is 13.2. The molecule has 2 N–H and O–H groups in total. The van der Waals surface area contributed by atoms with Gasteiger partial charge in [0.1, 0.15) is 0 Å². The Morgan fingerprint density at radius 3 is 2.50 bits per heavy atom. The number of nitrogens with one attached hydrogen (secondary N) is 2. The monoisotopic (exact) mass is 245 g/mol. The molecule has 16 heavy (non-hydrogen) atoms. The van der Waals surface area contributed by atoms with Crippen molar-refractivity contribution in [1.29, 1.82) is 0 Å². The summed E-state index contributed by atoms with van der Waals surface area (Å²) in [7, 11) is -1.05. The number of aryl methyl sites for hydroxylation is 1. The summed E-state index contributed by atoms with van der Waals surface area (Å²) in [6.45, 7) is 3.84. The highest BCUT2D eigenvalue weighted by molar-refractivity contribution is 7.88. The molecular formula is C10H19N3O2S. The van der Waals surface area contributed by atoms with Crippen molar-refractivity contribution in [3.63, 3.8) is 0 Å². The van der Waals surface area contributed by atoms with Crippen LogP contribution in [-0.2, 0) is 23.6 Å². The molecule has 0 aliphatic rings. The Balaban J connectivity index is 2.24. The molecule has 0 saturated carbocycles. The second kappa shape index (κ2) is 5.47. The lowest BCUT2D eigenvalue weighted by molar-refractivity contribution is 0.579. The van der Waals surface area contributed by atoms with E-state index in [2.05, 4.69) is 33.7 Å². The van der Waals surface area contributed by atoms with Gasteiger partial charge in [0.05, 0.1) is 6.26 Å². The molecule has 1 aromatic rings. The van der Waals surface area contributed by atoms with Gasteiger partial charge in [0, 0.05) is 38.1 Å². The summed E-state index contributed by atoms with van der Waals surface area (Å²) in [5.74, 6) is 0. The Hall–Kier alpha value is -0.850. The van der Waals surface area contributed by atoms with Crippen LogP contribution in [0.4, 0.5) is 0 Å². The molecule has 0 spiro atoms. The Labute approximate surface area is 96.9 Å². The Kier molecular flexibility index (Phi) is 4.52. The molecule has 5 nitrogen and oxygen atoms in total. The number of sulfonamides is 1. The maximum absolute atomic E-state index is 10.8. The van der Waals surface area contributed by atoms with Crippen molar-refractivity contribution in [3.8, 4) is 0 Å². The van der Waals surface area contributed by atoms with E-state index < -0.39 is 10.0 Å². The van der Waals surface area contributed by atoms with Gasteiger partial charge in [-0.25, -0.2) is 13.1 Å². The van der Waals surface area contributed by atoms with Gasteiger partial charge in [0.25, 0.3) is 0 Å². The molecule has 0 fully saturated rings. The molecule has 0 aliphatic carbocycles. The average molecular weight is 245 g/mol. The zero-order chi connectivity index (χ0) is 12.2. The van der Waals surface area contributed by atoms with Gasteiger partial charge in [-0.3, -0.25) is 0 Å². The minimum absolute atomic E-state index is 0.419. The van der Waals surface area contributed by atoms with Gasteiger partial charge in [-0.1, -0.05) is 0 Å². The van der Waals surface area contributed by atoms with E-state index in [1.54, 1.807) is 0 Å². The summed E-state index contributed by atoms with van der Waals surface area (Å²) < 4.78 is 26.1. The Morgan fingerprint density at radius 1 is 1.31 bits per heavy atom. The highest BCUT2D eigenvalue weighted by Gasteiger charge is 2.01. The van der Waals surface area contributed by atoms with Crippen LogP contribution in [0.15, 0.2) is 12.1 Å². The molecule has 1 heterocycles. The summed E-state index contributed by atoms with van der Waals surface area (Å²) >= 11 is 0. The lowest BCUT2D eigenvalue weighted by Crippen LogP contribution is -2.31. The maximum atomic E-state index is 10.8. The van der Waals surface area contributed by atoms with Crippen LogP contribution in [0.5, 0.6) is 0 Å². The van der Waals surface area contributed by atoms with Crippen LogP contribution >= 0.6 is 0 Å². The second-order valence-electron chi connectivity index (χ2n) is 3.87. The smallest absolute Gasteiger partial charge is 0.208 e. The van der Waals surface area contributed by atoms with E-state index in [9.17, 15) is 8.42 Å². The summed E-state index contributed by atoms with van der Waals surface area (Å²) in [4.78, 5) is 0. The molecule has 0 radical (unpaired) electrons. The molecule has 0 bridgehead atoms. The van der Waals surface area contributed by atoms with Crippen LogP contribution in [0.2, 0.25) is 0 Å². The zero-order valence-electron chi connectivity index (χ0n) is 9.95. The van der Waals surface area contributed by atoms with Crippen molar-refractivity contribution in [1.82, 2.24) is 14.6 Å². The molecule has 0 saturated heterocycles. The van der Waals surface area contributed by atoms with E-state index in [1.807, 2.05) is 7.05 Å². The topological polar surface area (TPSA) is 63.1 Å². The first-order valence-corrected chi connectivity index (χ1v) is 7.06. The predicted octanol–water partition coefficient (Wildman–Crippen LogP) is -0.0277. The fourth-order valence-electron chi connectivity index (χ4n) is 1.39. The number of rotatable bonds is 6. The first-order chi connectivity index (χ1) is 7.40. The van der Waals surface area contributed by atoms with Crippen LogP contribution in [0, 0.1) is 6.92 Å². The summed E-state index contributed by atoms with van der Waals surface area (Å²) in [6.07, 6.45) is 1.16. The predicted molar refractivity (Wildman–Crippen MR) is 64.7 cm³/mol. The van der Waals surface area contributed by atoms with Crippen LogP contribution in [0.25, 0.3) is 0 Å². The lowest BCUT2D eigenvalue weighted by Gasteiger charge is -2.07. The van der Waals surface area contributed by atoms with Gasteiger partial charge < -0.3 is 9.88 Å². The van der Waals surface area contributed by atoms with E-state index in [0.717, 1.165) is 12.8 Å². The summed E-state index contributed by atoms with van der Waals surface area (Å²) in [5, 5.41) is 3.18. The fourth-order valence-corrected chi connectivity index (χ4v) is 1.86. The molecule has 1 aromatic heterocycles. The van der Waals surface area contributed by atoms with Gasteiger partial charge in [-0.2, -0.15) is 0 Å². The molecule has 0 amide bonds. The molecular weight excluding hydrogens is 226 g/mol. The molecule has 0 atom stereocenters. The minimum atomic E-state index is -3.07. The van der Waals surface area contributed by atoms with Crippen LogP contribution in [-0.4, -0.2) is 32.3 Å². The number of hydrogen-bond donors (Lipinski definition) is 2. The van der Waals surface area contributed by atoms with E-state index in [1.165, 1.54) is 11.4 Å². The van der Waals surface area contributed by atoms with E-state index in [4.69, 9.17) is 0 Å². The van der Waals surface area contributed by atoms with Crippen LogP contribution < -0.4 is 10.0 Å². The van der Waals surface area contributed by atoms with Gasteiger partial charge >= 0.3 is 0 Å². The average Bonchev–Trinajstić information content (AvgIpc) is 2.47. The fraction of sp³-hybridized carbons (Fsp3) is 0.600. The molecule has 0 aliphatic heterocycles. The quantitative estimate of drug-likeness (QED) is 0.692. The maximum Gasteiger partial charge on any atom is 0.208 e. The largest absolute Gasteiger partial charge is 0.351 e. The second-order valence-corrected chi connectivity index (χ2v) is 5.70. The highest BCUT2D eigenvalue weighted by atomic mass is 32.2. The standard InChI is InChI=1S/C10H19N3O2S/c1-9-4-5-10(13(9)2)8-11-6-7-12-16(3,14)15/h4-5,11-12H,6-8H2,1-3H3. The molecule has 92 valence electrons. The number of hydrogen-bond acceptors (Lipinski definition) is 3. The van der Waals surface area contributed by atoms with Gasteiger partial charge in [-0.15, -0.1) is 0 Å². The van der Waals surface area contributed by atoms with E-state index in [0.29, 0.717) is 13.1 Å². The lowest BCUT2D eigenvalue weighted by atomic mass is 10.4. The van der Waals surface area contributed by atoms with Crippen molar-refractivity contribution >= 4 is 10.0 Å². The normalized spacial score (nSPS) is 11.9. The molecule has 0 unspecified atom stereocenters. The van der Waals surface area contributed by atoms with Gasteiger partial charge in [-0.05, 0) is 19.1 Å². The van der Waals surface area contributed by atoms with Crippen molar-refractivity contribution < 1.29 is 8.42 Å². The van der Waals surface area contributed by atoms with E-state index >= 15 is 0 Å². The van der Waals surface area contributed by atoms with Gasteiger partial charge in [0.15, 0.2) is 0 Å². The van der Waals surface area contributed by atoms with E-state index in [-0.39, 0.29) is 0 Å². The zero-order valence-corrected chi connectivity index (χ0v) is 10.8. The number of nitrogens with zero attached hydrogens (tertiary/aromatic N) is 1. The van der Waals surface area contributed by atoms with Crippen molar-refractivity contribution in [2.45, 2.75) is 13.5 Å². The Bertz CT molecular complexity index is 437. The highest BCUT2D eigenvalue weighted by Crippen LogP contribution is 2.04. The van der Waals surface area contributed by atoms with Crippen molar-refractivity contribution in [2.24, 2.45) is 7.05 Å². The van der Waals surface area contributed by atoms with Crippen LogP contribution in [0.1, 0.15) is 11.4 Å². The molecule has 0 aromatic carbocycles. The van der Waals surface area contributed by atoms with Gasteiger partial charge in [0.2, 0.25) is 10.0 Å². The Morgan fingerprint density at radius 2 is 2.00 bits per heavy atom. The summed E-state index contributed by atoms with van der Waals surface area (Å²) in [5.41, 5.74) is 2.41. The molecule has 6 heteroatoms. The third-order valence-electron chi connectivity index (χ3n) is 2.45. The third kappa shape index (κ3) is 4.34. The summed E-state index contributed by atoms with van der Waals surface area (Å²) in [6, 6.07) is 4.12. The van der Waals surface area contributed by atoms with Crippen molar-refractivity contribution in [3.05, 3.63) is 23.5 Å². The SMILES string of the molecule is Cc1ccc(CNCCNS(C)(=O)=O)n1C. The van der Waals surface area contributed by atoms with Crippen LogP contribution in [0.3, 0.4) is 0 Å². The molecule has 1 rings (SSSR count). The number of aromatic nitrogens is 1. The van der Waals surface area contributed by atoms with Crippen molar-refractivity contribution in [2.75, 3.05) is 19.3 Å².